The van der Waals surface area contributed by atoms with Crippen molar-refractivity contribution in [3.05, 3.63) is 23.8 Å². The Balaban J connectivity index is 2.69. The van der Waals surface area contributed by atoms with Crippen LogP contribution in [0.1, 0.15) is 10.4 Å². The van der Waals surface area contributed by atoms with Crippen LogP contribution in [0.2, 0.25) is 0 Å². The number of carbonyl (C=O) groups excluding carboxylic acids is 1. The Kier molecular flexibility index (Phi) is 3.41. The minimum absolute atomic E-state index is 0.315. The van der Waals surface area contributed by atoms with Crippen LogP contribution in [0.25, 0.3) is 11.3 Å². The van der Waals surface area contributed by atoms with E-state index >= 15 is 0 Å². The topological polar surface area (TPSA) is 79.4 Å². The predicted molar refractivity (Wildman–Crippen MR) is 71.5 cm³/mol. The zero-order chi connectivity index (χ0) is 14.0. The summed E-state index contributed by atoms with van der Waals surface area (Å²) in [5.41, 5.74) is 7.29. The predicted octanol–water partition coefficient (Wildman–Crippen LogP) is 1.50. The maximum atomic E-state index is 11.2. The molecule has 0 amide bonds. The number of methoxy groups -OCH3 is 2. The van der Waals surface area contributed by atoms with Gasteiger partial charge in [0.1, 0.15) is 23.0 Å². The monoisotopic (exact) mass is 261 g/mol. The van der Waals surface area contributed by atoms with Crippen LogP contribution >= 0.6 is 0 Å². The Labute approximate surface area is 110 Å². The van der Waals surface area contributed by atoms with Crippen LogP contribution in [0, 0.1) is 0 Å². The first-order chi connectivity index (χ1) is 9.12. The smallest absolute Gasteiger partial charge is 0.156 e. The molecule has 0 atom stereocenters. The van der Waals surface area contributed by atoms with Crippen LogP contribution in [0.4, 0.5) is 5.82 Å². The number of aromatic nitrogens is 2. The van der Waals surface area contributed by atoms with E-state index in [-0.39, 0.29) is 0 Å². The van der Waals surface area contributed by atoms with Gasteiger partial charge in [0, 0.05) is 12.6 Å². The van der Waals surface area contributed by atoms with Crippen LogP contribution < -0.4 is 15.2 Å². The lowest BCUT2D eigenvalue weighted by Crippen LogP contribution is -1.98. The first kappa shape index (κ1) is 12.9. The lowest BCUT2D eigenvalue weighted by Gasteiger charge is -2.09. The van der Waals surface area contributed by atoms with Gasteiger partial charge in [-0.05, 0) is 18.2 Å². The number of nitrogens with two attached hydrogens (primary N) is 1. The maximum absolute atomic E-state index is 11.2. The average molecular weight is 261 g/mol. The Bertz CT molecular complexity index is 620. The van der Waals surface area contributed by atoms with Crippen molar-refractivity contribution in [2.45, 2.75) is 0 Å². The van der Waals surface area contributed by atoms with E-state index < -0.39 is 0 Å². The number of benzene rings is 1. The number of nitrogen functional groups attached to an aromatic ring is 1. The number of aryl methyl sites for hydroxylation is 1. The van der Waals surface area contributed by atoms with Gasteiger partial charge in [0.05, 0.1) is 19.8 Å². The molecule has 0 aliphatic heterocycles. The van der Waals surface area contributed by atoms with Crippen LogP contribution in [-0.4, -0.2) is 30.3 Å². The largest absolute Gasteiger partial charge is 0.497 e. The lowest BCUT2D eigenvalue weighted by molar-refractivity contribution is 0.112. The summed E-state index contributed by atoms with van der Waals surface area (Å²) in [6, 6.07) is 5.29. The number of aldehydes is 1. The molecule has 2 N–H and O–H groups in total. The number of ether oxygens (including phenoxy) is 2. The number of rotatable bonds is 4. The molecule has 100 valence electrons. The summed E-state index contributed by atoms with van der Waals surface area (Å²) in [4.78, 5) is 11.2. The first-order valence-corrected chi connectivity index (χ1v) is 5.62. The highest BCUT2D eigenvalue weighted by Crippen LogP contribution is 2.35. The highest BCUT2D eigenvalue weighted by molar-refractivity contribution is 5.93. The van der Waals surface area contributed by atoms with E-state index in [9.17, 15) is 4.79 Å². The van der Waals surface area contributed by atoms with Gasteiger partial charge in [-0.1, -0.05) is 0 Å². The van der Waals surface area contributed by atoms with Crippen molar-refractivity contribution in [1.82, 2.24) is 9.78 Å². The van der Waals surface area contributed by atoms with Crippen molar-refractivity contribution in [3.8, 4) is 22.8 Å². The lowest BCUT2D eigenvalue weighted by atomic mass is 10.1. The number of hydrogen-bond acceptors (Lipinski definition) is 5. The fourth-order valence-electron chi connectivity index (χ4n) is 1.87. The van der Waals surface area contributed by atoms with Crippen molar-refractivity contribution in [2.24, 2.45) is 7.05 Å². The normalized spacial score (nSPS) is 10.3. The van der Waals surface area contributed by atoms with E-state index in [0.29, 0.717) is 40.4 Å². The van der Waals surface area contributed by atoms with E-state index in [0.717, 1.165) is 0 Å². The molecule has 0 radical (unpaired) electrons. The molecule has 0 unspecified atom stereocenters. The van der Waals surface area contributed by atoms with Crippen LogP contribution in [-0.2, 0) is 7.05 Å². The second-order valence-electron chi connectivity index (χ2n) is 3.96. The third kappa shape index (κ3) is 2.12. The standard InChI is InChI=1S/C13H15N3O3/c1-16-13(14)10(7-17)12(15-16)9-6-8(18-2)4-5-11(9)19-3/h4-7H,14H2,1-3H3. The zero-order valence-electron chi connectivity index (χ0n) is 11.0. The Morgan fingerprint density at radius 1 is 1.32 bits per heavy atom. The fourth-order valence-corrected chi connectivity index (χ4v) is 1.87. The van der Waals surface area contributed by atoms with Crippen LogP contribution in [0.5, 0.6) is 11.5 Å². The summed E-state index contributed by atoms with van der Waals surface area (Å²) >= 11 is 0. The molecule has 1 aromatic carbocycles. The third-order valence-electron chi connectivity index (χ3n) is 2.91. The summed E-state index contributed by atoms with van der Waals surface area (Å²) < 4.78 is 11.9. The number of carbonyl (C=O) groups is 1. The molecular formula is C13H15N3O3. The molecule has 0 bridgehead atoms. The first-order valence-electron chi connectivity index (χ1n) is 5.62. The van der Waals surface area contributed by atoms with E-state index in [1.165, 1.54) is 4.68 Å². The van der Waals surface area contributed by atoms with Gasteiger partial charge in [0.2, 0.25) is 0 Å². The summed E-state index contributed by atoms with van der Waals surface area (Å²) in [7, 11) is 4.80. The molecule has 0 aliphatic carbocycles. The Hall–Kier alpha value is -2.50. The molecule has 0 saturated carbocycles. The second kappa shape index (κ2) is 5.01. The third-order valence-corrected chi connectivity index (χ3v) is 2.91. The van der Waals surface area contributed by atoms with Gasteiger partial charge in [0.25, 0.3) is 0 Å². The molecule has 6 heteroatoms. The highest BCUT2D eigenvalue weighted by Gasteiger charge is 2.18. The van der Waals surface area contributed by atoms with E-state index in [4.69, 9.17) is 15.2 Å². The SMILES string of the molecule is COc1ccc(OC)c(-c2nn(C)c(N)c2C=O)c1. The van der Waals surface area contributed by atoms with Crippen molar-refractivity contribution >= 4 is 12.1 Å². The van der Waals surface area contributed by atoms with Gasteiger partial charge in [-0.25, -0.2) is 0 Å². The Morgan fingerprint density at radius 2 is 2.05 bits per heavy atom. The summed E-state index contributed by atoms with van der Waals surface area (Å²) in [5.74, 6) is 1.56. The van der Waals surface area contributed by atoms with Gasteiger partial charge in [-0.15, -0.1) is 0 Å². The van der Waals surface area contributed by atoms with Gasteiger partial charge >= 0.3 is 0 Å². The van der Waals surface area contributed by atoms with Crippen molar-refractivity contribution in [3.63, 3.8) is 0 Å². The second-order valence-corrected chi connectivity index (χ2v) is 3.96. The number of anilines is 1. The Morgan fingerprint density at radius 3 is 2.63 bits per heavy atom. The summed E-state index contributed by atoms with van der Waals surface area (Å²) in [5, 5.41) is 4.26. The quantitative estimate of drug-likeness (QED) is 0.844. The minimum atomic E-state index is 0.315. The molecule has 0 fully saturated rings. The molecule has 0 spiro atoms. The minimum Gasteiger partial charge on any atom is -0.497 e. The summed E-state index contributed by atoms with van der Waals surface area (Å²) in [6.07, 6.45) is 0.691. The molecule has 2 rings (SSSR count). The van der Waals surface area contributed by atoms with Crippen LogP contribution in [0.3, 0.4) is 0 Å². The molecular weight excluding hydrogens is 246 g/mol. The van der Waals surface area contributed by atoms with Gasteiger partial charge in [-0.3, -0.25) is 9.48 Å². The number of nitrogens with zero attached hydrogens (tertiary/aromatic N) is 2. The molecule has 1 heterocycles. The molecule has 2 aromatic rings. The zero-order valence-corrected chi connectivity index (χ0v) is 11.0. The fraction of sp³-hybridized carbons (Fsp3) is 0.231. The van der Waals surface area contributed by atoms with Gasteiger partial charge < -0.3 is 15.2 Å². The summed E-state index contributed by atoms with van der Waals surface area (Å²) in [6.45, 7) is 0. The molecule has 0 aliphatic rings. The van der Waals surface area contributed by atoms with Gasteiger partial charge in [-0.2, -0.15) is 5.10 Å². The molecule has 6 nitrogen and oxygen atoms in total. The average Bonchev–Trinajstić information content (AvgIpc) is 2.73. The van der Waals surface area contributed by atoms with E-state index in [1.807, 2.05) is 0 Å². The van der Waals surface area contributed by atoms with Crippen molar-refractivity contribution < 1.29 is 14.3 Å². The molecule has 19 heavy (non-hydrogen) atoms. The highest BCUT2D eigenvalue weighted by atomic mass is 16.5. The number of hydrogen-bond donors (Lipinski definition) is 1. The maximum Gasteiger partial charge on any atom is 0.156 e. The van der Waals surface area contributed by atoms with Crippen molar-refractivity contribution in [1.29, 1.82) is 0 Å². The van der Waals surface area contributed by atoms with Crippen molar-refractivity contribution in [2.75, 3.05) is 20.0 Å². The van der Waals surface area contributed by atoms with E-state index in [2.05, 4.69) is 5.10 Å². The van der Waals surface area contributed by atoms with Gasteiger partial charge in [0.15, 0.2) is 6.29 Å². The molecule has 1 aromatic heterocycles. The van der Waals surface area contributed by atoms with E-state index in [1.54, 1.807) is 39.5 Å². The van der Waals surface area contributed by atoms with Crippen LogP contribution in [0.15, 0.2) is 18.2 Å². The molecule has 0 saturated heterocycles.